The van der Waals surface area contributed by atoms with E-state index >= 15 is 0 Å². The van der Waals surface area contributed by atoms with Crippen molar-refractivity contribution in [2.75, 3.05) is 19.8 Å². The fourth-order valence-corrected chi connectivity index (χ4v) is 2.70. The number of carbonyl (C=O) groups excluding carboxylic acids is 1. The Bertz CT molecular complexity index is 366. The van der Waals surface area contributed by atoms with Gasteiger partial charge in [-0.2, -0.15) is 0 Å². The Morgan fingerprint density at radius 3 is 2.88 bits per heavy atom. The number of hydrogen-bond acceptors (Lipinski definition) is 4. The third-order valence-corrected chi connectivity index (χ3v) is 4.17. The SMILES string of the molecule is CCc1ccc(C(=O)COC2CCOCC2)s1. The summed E-state index contributed by atoms with van der Waals surface area (Å²) in [5.74, 6) is 0.0983. The van der Waals surface area contributed by atoms with E-state index in [1.807, 2.05) is 12.1 Å². The molecule has 1 aromatic heterocycles. The highest BCUT2D eigenvalue weighted by Gasteiger charge is 2.16. The van der Waals surface area contributed by atoms with Crippen molar-refractivity contribution < 1.29 is 14.3 Å². The predicted octanol–water partition coefficient (Wildman–Crippen LogP) is 2.69. The molecule has 1 saturated heterocycles. The summed E-state index contributed by atoms with van der Waals surface area (Å²) in [5.41, 5.74) is 0. The van der Waals surface area contributed by atoms with Gasteiger partial charge in [-0.25, -0.2) is 0 Å². The molecule has 0 spiro atoms. The van der Waals surface area contributed by atoms with Gasteiger partial charge in [-0.3, -0.25) is 4.79 Å². The first-order valence-corrected chi connectivity index (χ1v) is 6.92. The van der Waals surface area contributed by atoms with Gasteiger partial charge in [-0.1, -0.05) is 6.92 Å². The molecule has 2 rings (SSSR count). The van der Waals surface area contributed by atoms with Gasteiger partial charge in [-0.05, 0) is 31.4 Å². The molecule has 4 heteroatoms. The fourth-order valence-electron chi connectivity index (χ4n) is 1.83. The standard InChI is InChI=1S/C13H18O3S/c1-2-11-3-4-13(17-11)12(14)9-16-10-5-7-15-8-6-10/h3-4,10H,2,5-9H2,1H3. The monoisotopic (exact) mass is 254 g/mol. The lowest BCUT2D eigenvalue weighted by molar-refractivity contribution is -0.0261. The fraction of sp³-hybridized carbons (Fsp3) is 0.615. The van der Waals surface area contributed by atoms with Gasteiger partial charge >= 0.3 is 0 Å². The first kappa shape index (κ1) is 12.7. The minimum Gasteiger partial charge on any atom is -0.381 e. The van der Waals surface area contributed by atoms with Crippen LogP contribution in [0.1, 0.15) is 34.3 Å². The molecular weight excluding hydrogens is 236 g/mol. The Morgan fingerprint density at radius 2 is 2.24 bits per heavy atom. The van der Waals surface area contributed by atoms with E-state index in [1.165, 1.54) is 4.88 Å². The second-order valence-electron chi connectivity index (χ2n) is 4.17. The number of hydrogen-bond donors (Lipinski definition) is 0. The molecular formula is C13H18O3S. The van der Waals surface area contributed by atoms with Crippen LogP contribution >= 0.6 is 11.3 Å². The van der Waals surface area contributed by atoms with Crippen molar-refractivity contribution in [1.82, 2.24) is 0 Å². The Morgan fingerprint density at radius 1 is 1.47 bits per heavy atom. The van der Waals surface area contributed by atoms with E-state index < -0.39 is 0 Å². The van der Waals surface area contributed by atoms with Crippen molar-refractivity contribution in [3.63, 3.8) is 0 Å². The lowest BCUT2D eigenvalue weighted by Crippen LogP contribution is -2.25. The highest BCUT2D eigenvalue weighted by Crippen LogP contribution is 2.18. The minimum absolute atomic E-state index is 0.0983. The molecule has 3 nitrogen and oxygen atoms in total. The third-order valence-electron chi connectivity index (χ3n) is 2.90. The van der Waals surface area contributed by atoms with Crippen LogP contribution in [0.15, 0.2) is 12.1 Å². The van der Waals surface area contributed by atoms with Crippen LogP contribution in [-0.4, -0.2) is 31.7 Å². The first-order valence-electron chi connectivity index (χ1n) is 6.11. The number of Topliss-reactive ketones (excluding diaryl/α,β-unsaturated/α-hetero) is 1. The highest BCUT2D eigenvalue weighted by molar-refractivity contribution is 7.14. The average molecular weight is 254 g/mol. The molecule has 0 radical (unpaired) electrons. The van der Waals surface area contributed by atoms with Gasteiger partial charge in [-0.15, -0.1) is 11.3 Å². The molecule has 1 fully saturated rings. The Kier molecular flexibility index (Phi) is 4.71. The van der Waals surface area contributed by atoms with Gasteiger partial charge in [0.25, 0.3) is 0 Å². The molecule has 0 aliphatic carbocycles. The summed E-state index contributed by atoms with van der Waals surface area (Å²) >= 11 is 1.57. The van der Waals surface area contributed by atoms with Crippen LogP contribution in [0.25, 0.3) is 0 Å². The number of thiophene rings is 1. The molecule has 94 valence electrons. The summed E-state index contributed by atoms with van der Waals surface area (Å²) in [6.07, 6.45) is 2.98. The van der Waals surface area contributed by atoms with E-state index in [1.54, 1.807) is 11.3 Å². The highest BCUT2D eigenvalue weighted by atomic mass is 32.1. The molecule has 2 heterocycles. The molecule has 0 bridgehead atoms. The van der Waals surface area contributed by atoms with Gasteiger partial charge in [0.2, 0.25) is 0 Å². The van der Waals surface area contributed by atoms with Crippen LogP contribution < -0.4 is 0 Å². The van der Waals surface area contributed by atoms with Crippen molar-refractivity contribution in [2.45, 2.75) is 32.3 Å². The summed E-state index contributed by atoms with van der Waals surface area (Å²) in [4.78, 5) is 13.9. The Labute approximate surface area is 106 Å². The zero-order valence-corrected chi connectivity index (χ0v) is 10.9. The second-order valence-corrected chi connectivity index (χ2v) is 5.33. The van der Waals surface area contributed by atoms with Crippen LogP contribution in [0.2, 0.25) is 0 Å². The van der Waals surface area contributed by atoms with E-state index in [2.05, 4.69) is 6.92 Å². The smallest absolute Gasteiger partial charge is 0.198 e. The van der Waals surface area contributed by atoms with Gasteiger partial charge < -0.3 is 9.47 Å². The van der Waals surface area contributed by atoms with Crippen molar-refractivity contribution in [2.24, 2.45) is 0 Å². The van der Waals surface area contributed by atoms with Crippen molar-refractivity contribution in [3.05, 3.63) is 21.9 Å². The molecule has 0 N–H and O–H groups in total. The summed E-state index contributed by atoms with van der Waals surface area (Å²) in [6, 6.07) is 3.92. The summed E-state index contributed by atoms with van der Waals surface area (Å²) in [6.45, 7) is 3.79. The maximum atomic E-state index is 11.9. The minimum atomic E-state index is 0.0983. The van der Waals surface area contributed by atoms with E-state index in [-0.39, 0.29) is 18.5 Å². The molecule has 1 aliphatic rings. The molecule has 0 aromatic carbocycles. The Balaban J connectivity index is 1.80. The maximum absolute atomic E-state index is 11.9. The number of carbonyl (C=O) groups is 1. The zero-order valence-electron chi connectivity index (χ0n) is 10.1. The first-order chi connectivity index (χ1) is 8.29. The van der Waals surface area contributed by atoms with Crippen LogP contribution in [0.4, 0.5) is 0 Å². The topological polar surface area (TPSA) is 35.5 Å². The molecule has 1 aromatic rings. The van der Waals surface area contributed by atoms with Gasteiger partial charge in [0.05, 0.1) is 11.0 Å². The van der Waals surface area contributed by atoms with E-state index in [4.69, 9.17) is 9.47 Å². The van der Waals surface area contributed by atoms with Gasteiger partial charge in [0.1, 0.15) is 6.61 Å². The maximum Gasteiger partial charge on any atom is 0.198 e. The second kappa shape index (κ2) is 6.28. The summed E-state index contributed by atoms with van der Waals surface area (Å²) < 4.78 is 10.9. The quantitative estimate of drug-likeness (QED) is 0.758. The number of ether oxygens (including phenoxy) is 2. The van der Waals surface area contributed by atoms with Crippen molar-refractivity contribution >= 4 is 17.1 Å². The van der Waals surface area contributed by atoms with Gasteiger partial charge in [0, 0.05) is 18.1 Å². The third kappa shape index (κ3) is 3.63. The Hall–Kier alpha value is -0.710. The molecule has 0 unspecified atom stereocenters. The van der Waals surface area contributed by atoms with E-state index in [0.717, 1.165) is 37.4 Å². The summed E-state index contributed by atoms with van der Waals surface area (Å²) in [5, 5.41) is 0. The van der Waals surface area contributed by atoms with E-state index in [9.17, 15) is 4.79 Å². The van der Waals surface area contributed by atoms with Crippen LogP contribution in [0.5, 0.6) is 0 Å². The number of aryl methyl sites for hydroxylation is 1. The molecule has 0 amide bonds. The summed E-state index contributed by atoms with van der Waals surface area (Å²) in [7, 11) is 0. The lowest BCUT2D eigenvalue weighted by atomic mass is 10.1. The molecule has 0 atom stereocenters. The van der Waals surface area contributed by atoms with Crippen molar-refractivity contribution in [1.29, 1.82) is 0 Å². The predicted molar refractivity (Wildman–Crippen MR) is 67.8 cm³/mol. The zero-order chi connectivity index (χ0) is 12.1. The number of ketones is 1. The van der Waals surface area contributed by atoms with Crippen molar-refractivity contribution in [3.8, 4) is 0 Å². The van der Waals surface area contributed by atoms with Crippen LogP contribution in [0.3, 0.4) is 0 Å². The molecule has 17 heavy (non-hydrogen) atoms. The lowest BCUT2D eigenvalue weighted by Gasteiger charge is -2.21. The average Bonchev–Trinajstić information content (AvgIpc) is 2.86. The van der Waals surface area contributed by atoms with Gasteiger partial charge in [0.15, 0.2) is 5.78 Å². The molecule has 0 saturated carbocycles. The van der Waals surface area contributed by atoms with Crippen LogP contribution in [0, 0.1) is 0 Å². The normalized spacial score (nSPS) is 17.2. The molecule has 1 aliphatic heterocycles. The van der Waals surface area contributed by atoms with E-state index in [0.29, 0.717) is 0 Å². The number of rotatable bonds is 5. The van der Waals surface area contributed by atoms with Crippen LogP contribution in [-0.2, 0) is 15.9 Å². The largest absolute Gasteiger partial charge is 0.381 e.